The lowest BCUT2D eigenvalue weighted by Crippen LogP contribution is -2.12. The number of primary amides is 1. The number of pyridine rings is 1. The Morgan fingerprint density at radius 1 is 1.54 bits per heavy atom. The van der Waals surface area contributed by atoms with Gasteiger partial charge in [-0.1, -0.05) is 11.8 Å². The third-order valence-corrected chi connectivity index (χ3v) is 1.35. The van der Waals surface area contributed by atoms with E-state index in [0.29, 0.717) is 6.54 Å². The molecule has 0 aliphatic carbocycles. The highest BCUT2D eigenvalue weighted by molar-refractivity contribution is 5.90. The summed E-state index contributed by atoms with van der Waals surface area (Å²) in [6, 6.07) is 3.21. The van der Waals surface area contributed by atoms with Gasteiger partial charge in [0.1, 0.15) is 5.69 Å². The lowest BCUT2D eigenvalue weighted by atomic mass is 10.2. The van der Waals surface area contributed by atoms with E-state index in [1.807, 2.05) is 0 Å². The summed E-state index contributed by atoms with van der Waals surface area (Å²) in [4.78, 5) is 14.4. The molecule has 1 rings (SSSR count). The fraction of sp³-hybridized carbons (Fsp3) is 0.111. The first kappa shape index (κ1) is 9.23. The fourth-order valence-corrected chi connectivity index (χ4v) is 0.767. The number of aromatic nitrogens is 1. The maximum Gasteiger partial charge on any atom is 0.267 e. The SMILES string of the molecule is NCC#Cc1ccc(C(N)=O)nc1. The van der Waals surface area contributed by atoms with Crippen molar-refractivity contribution in [2.45, 2.75) is 0 Å². The summed E-state index contributed by atoms with van der Waals surface area (Å²) in [5.74, 6) is 4.91. The molecule has 4 heteroatoms. The average Bonchev–Trinajstić information content (AvgIpc) is 2.15. The predicted molar refractivity (Wildman–Crippen MR) is 48.7 cm³/mol. The Bertz CT molecular complexity index is 359. The molecule has 0 saturated heterocycles. The molecule has 4 nitrogen and oxygen atoms in total. The molecule has 0 fully saturated rings. The van der Waals surface area contributed by atoms with Gasteiger partial charge in [0, 0.05) is 11.8 Å². The Balaban J connectivity index is 2.87. The molecule has 66 valence electrons. The van der Waals surface area contributed by atoms with Gasteiger partial charge < -0.3 is 11.5 Å². The molecule has 0 radical (unpaired) electrons. The van der Waals surface area contributed by atoms with Crippen molar-refractivity contribution in [1.29, 1.82) is 0 Å². The molecule has 0 aliphatic heterocycles. The number of rotatable bonds is 1. The normalized spacial score (nSPS) is 8.69. The maximum atomic E-state index is 10.6. The average molecular weight is 175 g/mol. The summed E-state index contributed by atoms with van der Waals surface area (Å²) < 4.78 is 0. The number of hydrogen-bond acceptors (Lipinski definition) is 3. The summed E-state index contributed by atoms with van der Waals surface area (Å²) in [6.45, 7) is 0.303. The maximum absolute atomic E-state index is 10.6. The van der Waals surface area contributed by atoms with Gasteiger partial charge in [-0.3, -0.25) is 4.79 Å². The Morgan fingerprint density at radius 2 is 2.31 bits per heavy atom. The van der Waals surface area contributed by atoms with Crippen LogP contribution in [0.3, 0.4) is 0 Å². The molecule has 1 amide bonds. The second-order valence-corrected chi connectivity index (χ2v) is 2.30. The number of carbonyl (C=O) groups excluding carboxylic acids is 1. The first-order valence-electron chi connectivity index (χ1n) is 3.69. The van der Waals surface area contributed by atoms with E-state index in [0.717, 1.165) is 5.56 Å². The van der Waals surface area contributed by atoms with Crippen LogP contribution in [0.1, 0.15) is 16.1 Å². The molecule has 13 heavy (non-hydrogen) atoms. The zero-order valence-electron chi connectivity index (χ0n) is 6.95. The van der Waals surface area contributed by atoms with Gasteiger partial charge in [-0.05, 0) is 12.1 Å². The second kappa shape index (κ2) is 4.24. The molecule has 0 aliphatic rings. The Kier molecular flexibility index (Phi) is 3.01. The van der Waals surface area contributed by atoms with Crippen molar-refractivity contribution < 1.29 is 4.79 Å². The van der Waals surface area contributed by atoms with Crippen LogP contribution < -0.4 is 11.5 Å². The highest BCUT2D eigenvalue weighted by Crippen LogP contribution is 1.97. The number of nitrogens with zero attached hydrogens (tertiary/aromatic N) is 1. The van der Waals surface area contributed by atoms with E-state index < -0.39 is 5.91 Å². The summed E-state index contributed by atoms with van der Waals surface area (Å²) in [5, 5.41) is 0. The largest absolute Gasteiger partial charge is 0.364 e. The first-order chi connectivity index (χ1) is 6.24. The zero-order valence-corrected chi connectivity index (χ0v) is 6.95. The van der Waals surface area contributed by atoms with Crippen LogP contribution in [0.4, 0.5) is 0 Å². The van der Waals surface area contributed by atoms with E-state index in [1.54, 1.807) is 6.07 Å². The Morgan fingerprint density at radius 3 is 2.77 bits per heavy atom. The van der Waals surface area contributed by atoms with E-state index in [9.17, 15) is 4.79 Å². The van der Waals surface area contributed by atoms with Crippen molar-refractivity contribution in [2.24, 2.45) is 11.5 Å². The molecular weight excluding hydrogens is 166 g/mol. The molecule has 0 aromatic carbocycles. The molecule has 1 aromatic heterocycles. The van der Waals surface area contributed by atoms with Gasteiger partial charge in [0.2, 0.25) is 0 Å². The highest BCUT2D eigenvalue weighted by Gasteiger charge is 1.99. The van der Waals surface area contributed by atoms with Crippen LogP contribution in [-0.2, 0) is 0 Å². The number of nitrogens with two attached hydrogens (primary N) is 2. The molecular formula is C9H9N3O. The third kappa shape index (κ3) is 2.58. The smallest absolute Gasteiger partial charge is 0.267 e. The molecule has 0 saturated carbocycles. The number of carbonyl (C=O) groups is 1. The highest BCUT2D eigenvalue weighted by atomic mass is 16.1. The van der Waals surface area contributed by atoms with E-state index in [-0.39, 0.29) is 5.69 Å². The minimum Gasteiger partial charge on any atom is -0.364 e. The van der Waals surface area contributed by atoms with Gasteiger partial charge in [-0.25, -0.2) is 4.98 Å². The second-order valence-electron chi connectivity index (χ2n) is 2.30. The van der Waals surface area contributed by atoms with Crippen LogP contribution in [0, 0.1) is 11.8 Å². The Labute approximate surface area is 76.0 Å². The van der Waals surface area contributed by atoms with Gasteiger partial charge in [-0.15, -0.1) is 0 Å². The van der Waals surface area contributed by atoms with Crippen molar-refractivity contribution in [2.75, 3.05) is 6.54 Å². The zero-order chi connectivity index (χ0) is 9.68. The minimum absolute atomic E-state index is 0.235. The van der Waals surface area contributed by atoms with Crippen molar-refractivity contribution >= 4 is 5.91 Å². The molecule has 1 heterocycles. The van der Waals surface area contributed by atoms with Gasteiger partial charge >= 0.3 is 0 Å². The third-order valence-electron chi connectivity index (χ3n) is 1.35. The summed E-state index contributed by atoms with van der Waals surface area (Å²) in [7, 11) is 0. The van der Waals surface area contributed by atoms with E-state index in [1.165, 1.54) is 12.3 Å². The van der Waals surface area contributed by atoms with Crippen LogP contribution in [0.15, 0.2) is 18.3 Å². The standard InChI is InChI=1S/C9H9N3O/c10-5-1-2-7-3-4-8(9(11)13)12-6-7/h3-4,6H,5,10H2,(H2,11,13). The summed E-state index contributed by atoms with van der Waals surface area (Å²) in [6.07, 6.45) is 1.49. The molecule has 0 bridgehead atoms. The van der Waals surface area contributed by atoms with Crippen LogP contribution in [0.2, 0.25) is 0 Å². The van der Waals surface area contributed by atoms with E-state index >= 15 is 0 Å². The van der Waals surface area contributed by atoms with Crippen molar-refractivity contribution in [1.82, 2.24) is 4.98 Å². The molecule has 1 aromatic rings. The number of amides is 1. The van der Waals surface area contributed by atoms with Gasteiger partial charge in [-0.2, -0.15) is 0 Å². The van der Waals surface area contributed by atoms with E-state index in [2.05, 4.69) is 16.8 Å². The fourth-order valence-electron chi connectivity index (χ4n) is 0.767. The van der Waals surface area contributed by atoms with Crippen LogP contribution in [-0.4, -0.2) is 17.4 Å². The van der Waals surface area contributed by atoms with Gasteiger partial charge in [0.15, 0.2) is 0 Å². The van der Waals surface area contributed by atoms with Crippen LogP contribution in [0.5, 0.6) is 0 Å². The molecule has 0 atom stereocenters. The van der Waals surface area contributed by atoms with E-state index in [4.69, 9.17) is 11.5 Å². The molecule has 0 unspecified atom stereocenters. The van der Waals surface area contributed by atoms with Gasteiger partial charge in [0.05, 0.1) is 6.54 Å². The van der Waals surface area contributed by atoms with Crippen molar-refractivity contribution in [3.63, 3.8) is 0 Å². The molecule has 0 spiro atoms. The first-order valence-corrected chi connectivity index (χ1v) is 3.69. The van der Waals surface area contributed by atoms with Crippen molar-refractivity contribution in [3.8, 4) is 11.8 Å². The molecule has 4 N–H and O–H groups in total. The lowest BCUT2D eigenvalue weighted by Gasteiger charge is -1.93. The monoisotopic (exact) mass is 175 g/mol. The number of hydrogen-bond donors (Lipinski definition) is 2. The van der Waals surface area contributed by atoms with Crippen molar-refractivity contribution in [3.05, 3.63) is 29.6 Å². The van der Waals surface area contributed by atoms with Gasteiger partial charge in [0.25, 0.3) is 5.91 Å². The quantitative estimate of drug-likeness (QED) is 0.564. The summed E-state index contributed by atoms with van der Waals surface area (Å²) in [5.41, 5.74) is 11.1. The summed E-state index contributed by atoms with van der Waals surface area (Å²) >= 11 is 0. The minimum atomic E-state index is -0.543. The Hall–Kier alpha value is -1.86. The lowest BCUT2D eigenvalue weighted by molar-refractivity contribution is 0.0995. The van der Waals surface area contributed by atoms with Crippen LogP contribution in [0.25, 0.3) is 0 Å². The topological polar surface area (TPSA) is 82.0 Å². The predicted octanol–water partition coefficient (Wildman–Crippen LogP) is -0.509. The van der Waals surface area contributed by atoms with Crippen LogP contribution >= 0.6 is 0 Å².